The Morgan fingerprint density at radius 2 is 1.15 bits per heavy atom. The summed E-state index contributed by atoms with van der Waals surface area (Å²) in [6.45, 7) is 4.36. The third-order valence-corrected chi connectivity index (χ3v) is 11.3. The van der Waals surface area contributed by atoms with Gasteiger partial charge in [0.05, 0.1) is 10.8 Å². The Hall–Kier alpha value is -3.85. The number of carbonyl (C=O) groups excluding carboxylic acids is 2. The van der Waals surface area contributed by atoms with Gasteiger partial charge < -0.3 is 4.42 Å². The number of hydrogen-bond donors (Lipinski definition) is 0. The minimum absolute atomic E-state index is 0.198. The molecule has 7 heteroatoms. The molecule has 2 heterocycles. The number of furan rings is 1. The Labute approximate surface area is 278 Å². The van der Waals surface area contributed by atoms with Crippen LogP contribution in [0, 0.1) is 3.57 Å². The SMILES string of the molecule is CCCCCCC(CCCCCC)N1C(=O)c2ccc3c4cccc5c(I)cc6c7c(=O)oc(=O)c7c7cc(c2c3c7c6c54)C1=O. The zero-order chi connectivity index (χ0) is 31.9. The number of fused-ring (bicyclic) bond motifs is 4. The first-order valence-electron chi connectivity index (χ1n) is 16.7. The highest BCUT2D eigenvalue weighted by molar-refractivity contribution is 14.1. The van der Waals surface area contributed by atoms with E-state index in [9.17, 15) is 19.2 Å². The summed E-state index contributed by atoms with van der Waals surface area (Å²) in [5, 5.41) is 8.78. The average molecular weight is 724 g/mol. The third-order valence-electron chi connectivity index (χ3n) is 10.4. The fraction of sp³-hybridized carbons (Fsp3) is 0.333. The number of carbonyl (C=O) groups is 2. The summed E-state index contributed by atoms with van der Waals surface area (Å²) < 4.78 is 6.21. The zero-order valence-electron chi connectivity index (χ0n) is 26.1. The Morgan fingerprint density at radius 3 is 1.83 bits per heavy atom. The van der Waals surface area contributed by atoms with Crippen molar-refractivity contribution in [1.29, 1.82) is 0 Å². The van der Waals surface area contributed by atoms with E-state index in [0.717, 1.165) is 105 Å². The molecule has 0 aliphatic carbocycles. The Morgan fingerprint density at radius 1 is 0.587 bits per heavy atom. The van der Waals surface area contributed by atoms with E-state index in [0.29, 0.717) is 27.3 Å². The van der Waals surface area contributed by atoms with Gasteiger partial charge in [0.1, 0.15) is 0 Å². The Balaban J connectivity index is 1.44. The van der Waals surface area contributed by atoms with Gasteiger partial charge in [-0.2, -0.15) is 0 Å². The van der Waals surface area contributed by atoms with Crippen LogP contribution in [0.25, 0.3) is 64.6 Å². The molecule has 0 radical (unpaired) electrons. The number of halogens is 1. The van der Waals surface area contributed by atoms with Crippen molar-refractivity contribution < 1.29 is 14.0 Å². The summed E-state index contributed by atoms with van der Waals surface area (Å²) in [5.74, 6) is -0.552. The highest BCUT2D eigenvalue weighted by Gasteiger charge is 2.39. The van der Waals surface area contributed by atoms with Gasteiger partial charge in [-0.05, 0) is 102 Å². The molecule has 1 aliphatic heterocycles. The van der Waals surface area contributed by atoms with Crippen LogP contribution in [0.15, 0.2) is 56.5 Å². The number of amides is 2. The lowest BCUT2D eigenvalue weighted by atomic mass is 9.80. The molecule has 0 fully saturated rings. The number of imide groups is 1. The van der Waals surface area contributed by atoms with Gasteiger partial charge in [0.25, 0.3) is 11.8 Å². The van der Waals surface area contributed by atoms with E-state index in [1.54, 1.807) is 6.07 Å². The van der Waals surface area contributed by atoms with Gasteiger partial charge >= 0.3 is 11.3 Å². The maximum absolute atomic E-state index is 14.7. The maximum atomic E-state index is 14.7. The average Bonchev–Trinajstić information content (AvgIpc) is 3.36. The number of hydrogen-bond acceptors (Lipinski definition) is 5. The van der Waals surface area contributed by atoms with Crippen LogP contribution >= 0.6 is 22.6 Å². The smallest absolute Gasteiger partial charge is 0.347 e. The van der Waals surface area contributed by atoms with Crippen molar-refractivity contribution in [1.82, 2.24) is 4.90 Å². The van der Waals surface area contributed by atoms with Crippen LogP contribution in [0.5, 0.6) is 0 Å². The molecule has 232 valence electrons. The first kappa shape index (κ1) is 29.5. The minimum atomic E-state index is -0.693. The fourth-order valence-corrected chi connectivity index (χ4v) is 9.05. The molecule has 0 N–H and O–H groups in total. The third kappa shape index (κ3) is 4.06. The van der Waals surface area contributed by atoms with Gasteiger partial charge in [-0.1, -0.05) is 89.5 Å². The Kier molecular flexibility index (Phi) is 7.16. The van der Waals surface area contributed by atoms with Crippen LogP contribution in [0.1, 0.15) is 98.8 Å². The van der Waals surface area contributed by atoms with Crippen molar-refractivity contribution in [3.8, 4) is 0 Å². The van der Waals surface area contributed by atoms with Crippen LogP contribution in [-0.4, -0.2) is 22.8 Å². The predicted molar refractivity (Wildman–Crippen MR) is 194 cm³/mol. The van der Waals surface area contributed by atoms with E-state index >= 15 is 0 Å². The van der Waals surface area contributed by atoms with Crippen molar-refractivity contribution >= 4 is 99.0 Å². The van der Waals surface area contributed by atoms with Crippen LogP contribution in [0.2, 0.25) is 0 Å². The van der Waals surface area contributed by atoms with Crippen molar-refractivity contribution in [2.24, 2.45) is 0 Å². The van der Waals surface area contributed by atoms with Gasteiger partial charge in [-0.15, -0.1) is 0 Å². The lowest BCUT2D eigenvalue weighted by Gasteiger charge is -2.35. The quantitative estimate of drug-likeness (QED) is 0.0436. The van der Waals surface area contributed by atoms with Crippen molar-refractivity contribution in [2.45, 2.75) is 84.1 Å². The fourth-order valence-electron chi connectivity index (χ4n) is 8.29. The second-order valence-electron chi connectivity index (χ2n) is 13.0. The van der Waals surface area contributed by atoms with E-state index in [4.69, 9.17) is 4.42 Å². The summed E-state index contributed by atoms with van der Waals surface area (Å²) in [6, 6.07) is 13.6. The van der Waals surface area contributed by atoms with E-state index in [2.05, 4.69) is 48.6 Å². The van der Waals surface area contributed by atoms with Crippen molar-refractivity contribution in [3.63, 3.8) is 0 Å². The topological polar surface area (TPSA) is 84.7 Å². The van der Waals surface area contributed by atoms with Crippen LogP contribution in [0.4, 0.5) is 0 Å². The minimum Gasteiger partial charge on any atom is -0.386 e. The summed E-state index contributed by atoms with van der Waals surface area (Å²) in [4.78, 5) is 57.3. The molecule has 8 rings (SSSR count). The van der Waals surface area contributed by atoms with Crippen LogP contribution in [-0.2, 0) is 0 Å². The normalized spacial score (nSPS) is 14.0. The van der Waals surface area contributed by atoms with Crippen LogP contribution in [0.3, 0.4) is 0 Å². The number of rotatable bonds is 11. The standard InChI is InChI=1S/C39H34INO5/c1-3-5-7-9-12-20(13-10-8-6-4-2)41-36(42)24-17-16-22-21-14-11-15-23-28(40)19-26-32(29(21)23)33-25(34-35(26)39(45)46-38(34)44)18-27(37(41)43)30(24)31(22)33/h11,14-20H,3-10,12-13H2,1-2H3. The van der Waals surface area contributed by atoms with Crippen molar-refractivity contribution in [3.05, 3.63) is 78.0 Å². The van der Waals surface area contributed by atoms with E-state index < -0.39 is 11.3 Å². The summed E-state index contributed by atoms with van der Waals surface area (Å²) in [7, 11) is 0. The number of benzene rings is 6. The molecule has 1 aromatic heterocycles. The molecule has 2 amide bonds. The van der Waals surface area contributed by atoms with E-state index in [-0.39, 0.29) is 28.6 Å². The molecule has 46 heavy (non-hydrogen) atoms. The Bertz CT molecular complexity index is 2450. The lowest BCUT2D eigenvalue weighted by Crippen LogP contribution is -2.47. The van der Waals surface area contributed by atoms with E-state index in [1.807, 2.05) is 24.3 Å². The highest BCUT2D eigenvalue weighted by atomic mass is 127. The van der Waals surface area contributed by atoms with Gasteiger partial charge in [0.2, 0.25) is 0 Å². The molecular formula is C39H34INO5. The molecule has 7 aromatic rings. The molecule has 0 unspecified atom stereocenters. The van der Waals surface area contributed by atoms with Crippen molar-refractivity contribution in [2.75, 3.05) is 0 Å². The highest BCUT2D eigenvalue weighted by Crippen LogP contribution is 2.50. The van der Waals surface area contributed by atoms with Gasteiger partial charge in [-0.25, -0.2) is 9.59 Å². The van der Waals surface area contributed by atoms with Gasteiger partial charge in [0, 0.05) is 26.1 Å². The van der Waals surface area contributed by atoms with Crippen LogP contribution < -0.4 is 11.3 Å². The molecule has 0 spiro atoms. The second kappa shape index (κ2) is 11.1. The molecular weight excluding hydrogens is 689 g/mol. The molecule has 0 bridgehead atoms. The number of unbranched alkanes of at least 4 members (excludes halogenated alkanes) is 6. The molecule has 0 atom stereocenters. The molecule has 0 saturated carbocycles. The summed E-state index contributed by atoms with van der Waals surface area (Å²) in [6.07, 6.45) is 10.1. The first-order valence-corrected chi connectivity index (χ1v) is 17.7. The molecule has 6 nitrogen and oxygen atoms in total. The monoisotopic (exact) mass is 723 g/mol. The van der Waals surface area contributed by atoms with Gasteiger partial charge in [0.15, 0.2) is 0 Å². The van der Waals surface area contributed by atoms with E-state index in [1.165, 1.54) is 4.90 Å². The second-order valence-corrected chi connectivity index (χ2v) is 14.2. The number of nitrogens with zero attached hydrogens (tertiary/aromatic N) is 1. The zero-order valence-corrected chi connectivity index (χ0v) is 28.2. The molecule has 6 aromatic carbocycles. The molecule has 0 saturated heterocycles. The molecule has 1 aliphatic rings. The van der Waals surface area contributed by atoms with Gasteiger partial charge in [-0.3, -0.25) is 14.5 Å². The largest absolute Gasteiger partial charge is 0.386 e. The maximum Gasteiger partial charge on any atom is 0.347 e. The lowest BCUT2D eigenvalue weighted by molar-refractivity contribution is 0.0517. The summed E-state index contributed by atoms with van der Waals surface area (Å²) in [5.41, 5.74) is -0.414. The first-order chi connectivity index (χ1) is 22.4. The predicted octanol–water partition coefficient (Wildman–Crippen LogP) is 9.74. The summed E-state index contributed by atoms with van der Waals surface area (Å²) >= 11 is 2.29.